The fourth-order valence-electron chi connectivity index (χ4n) is 3.07. The van der Waals surface area contributed by atoms with Crippen LogP contribution >= 0.6 is 11.8 Å². The molecule has 0 bridgehead atoms. The summed E-state index contributed by atoms with van der Waals surface area (Å²) in [5.74, 6) is 0.604. The maximum atomic E-state index is 12.6. The highest BCUT2D eigenvalue weighted by molar-refractivity contribution is 8.01. The van der Waals surface area contributed by atoms with Gasteiger partial charge in [-0.15, -0.1) is 11.8 Å². The molecule has 0 spiro atoms. The Morgan fingerprint density at radius 2 is 2.26 bits per heavy atom. The number of likely N-dealkylation sites (tertiary alicyclic amines) is 1. The van der Waals surface area contributed by atoms with Gasteiger partial charge in [0.15, 0.2) is 0 Å². The standard InChI is InChI=1S/C15H19NO2S/c1-10-6-7-16(12(10)9-17)15(18)14-8-11-4-2-3-5-13(11)19-14/h2-5,10,12,14,17H,6-9H2,1H3. The van der Waals surface area contributed by atoms with Gasteiger partial charge >= 0.3 is 0 Å². The third-order valence-corrected chi connectivity index (χ3v) is 5.58. The molecule has 1 fully saturated rings. The van der Waals surface area contributed by atoms with E-state index in [1.54, 1.807) is 11.8 Å². The van der Waals surface area contributed by atoms with Crippen molar-refractivity contribution in [1.29, 1.82) is 0 Å². The molecule has 3 unspecified atom stereocenters. The quantitative estimate of drug-likeness (QED) is 0.898. The maximum Gasteiger partial charge on any atom is 0.236 e. The second-order valence-electron chi connectivity index (χ2n) is 5.47. The summed E-state index contributed by atoms with van der Waals surface area (Å²) in [5, 5.41) is 9.47. The number of aliphatic hydroxyl groups excluding tert-OH is 1. The van der Waals surface area contributed by atoms with Gasteiger partial charge in [0, 0.05) is 11.4 Å². The fraction of sp³-hybridized carbons (Fsp3) is 0.533. The molecule has 19 heavy (non-hydrogen) atoms. The second kappa shape index (κ2) is 5.17. The molecule has 1 aromatic carbocycles. The molecule has 0 saturated carbocycles. The smallest absolute Gasteiger partial charge is 0.236 e. The van der Waals surface area contributed by atoms with Gasteiger partial charge in [0.05, 0.1) is 17.9 Å². The zero-order valence-corrected chi connectivity index (χ0v) is 11.9. The van der Waals surface area contributed by atoms with Gasteiger partial charge in [-0.1, -0.05) is 25.1 Å². The number of rotatable bonds is 2. The lowest BCUT2D eigenvalue weighted by molar-refractivity contribution is -0.132. The maximum absolute atomic E-state index is 12.6. The number of thioether (sulfide) groups is 1. The van der Waals surface area contributed by atoms with E-state index in [-0.39, 0.29) is 23.8 Å². The van der Waals surface area contributed by atoms with Gasteiger partial charge in [-0.25, -0.2) is 0 Å². The molecule has 4 heteroatoms. The van der Waals surface area contributed by atoms with Gasteiger partial charge in [-0.3, -0.25) is 4.79 Å². The Balaban J connectivity index is 1.73. The third-order valence-electron chi connectivity index (χ3n) is 4.28. The van der Waals surface area contributed by atoms with E-state index in [1.165, 1.54) is 10.5 Å². The van der Waals surface area contributed by atoms with Crippen LogP contribution in [0, 0.1) is 5.92 Å². The van der Waals surface area contributed by atoms with Crippen LogP contribution < -0.4 is 0 Å². The highest BCUT2D eigenvalue weighted by Crippen LogP contribution is 2.38. The largest absolute Gasteiger partial charge is 0.394 e. The topological polar surface area (TPSA) is 40.5 Å². The van der Waals surface area contributed by atoms with Crippen LogP contribution in [0.25, 0.3) is 0 Å². The number of fused-ring (bicyclic) bond motifs is 1. The van der Waals surface area contributed by atoms with Crippen molar-refractivity contribution in [3.8, 4) is 0 Å². The summed E-state index contributed by atoms with van der Waals surface area (Å²) in [6.45, 7) is 2.99. The van der Waals surface area contributed by atoms with Crippen LogP contribution in [0.5, 0.6) is 0 Å². The van der Waals surface area contributed by atoms with E-state index in [4.69, 9.17) is 0 Å². The van der Waals surface area contributed by atoms with Crippen molar-refractivity contribution in [1.82, 2.24) is 4.90 Å². The van der Waals surface area contributed by atoms with E-state index < -0.39 is 0 Å². The summed E-state index contributed by atoms with van der Waals surface area (Å²) in [4.78, 5) is 15.8. The van der Waals surface area contributed by atoms with Gasteiger partial charge in [0.25, 0.3) is 0 Å². The molecule has 0 aliphatic carbocycles. The van der Waals surface area contributed by atoms with Crippen LogP contribution in [0.2, 0.25) is 0 Å². The molecule has 3 nitrogen and oxygen atoms in total. The summed E-state index contributed by atoms with van der Waals surface area (Å²) in [5.41, 5.74) is 1.28. The lowest BCUT2D eigenvalue weighted by Crippen LogP contribution is -2.44. The first-order chi connectivity index (χ1) is 9.20. The van der Waals surface area contributed by atoms with Crippen molar-refractivity contribution in [3.05, 3.63) is 29.8 Å². The van der Waals surface area contributed by atoms with Crippen LogP contribution in [0.15, 0.2) is 29.2 Å². The summed E-state index contributed by atoms with van der Waals surface area (Å²) in [6, 6.07) is 8.25. The lowest BCUT2D eigenvalue weighted by Gasteiger charge is -2.27. The lowest BCUT2D eigenvalue weighted by atomic mass is 10.0. The van der Waals surface area contributed by atoms with Crippen LogP contribution in [0.1, 0.15) is 18.9 Å². The molecule has 3 rings (SSSR count). The Bertz CT molecular complexity index is 466. The molecule has 0 aromatic heterocycles. The zero-order chi connectivity index (χ0) is 13.4. The Hall–Kier alpha value is -1.00. The first kappa shape index (κ1) is 13.0. The Morgan fingerprint density at radius 1 is 1.47 bits per heavy atom. The highest BCUT2D eigenvalue weighted by Gasteiger charge is 2.39. The monoisotopic (exact) mass is 277 g/mol. The van der Waals surface area contributed by atoms with Crippen molar-refractivity contribution < 1.29 is 9.90 Å². The average molecular weight is 277 g/mol. The number of carbonyl (C=O) groups excluding carboxylic acids is 1. The van der Waals surface area contributed by atoms with Gasteiger partial charge in [-0.05, 0) is 30.4 Å². The van der Waals surface area contributed by atoms with Gasteiger partial charge < -0.3 is 10.0 Å². The normalized spacial score (nSPS) is 29.6. The number of nitrogens with zero attached hydrogens (tertiary/aromatic N) is 1. The number of hydrogen-bond acceptors (Lipinski definition) is 3. The van der Waals surface area contributed by atoms with E-state index in [0.717, 1.165) is 19.4 Å². The molecule has 1 N–H and O–H groups in total. The van der Waals surface area contributed by atoms with E-state index in [1.807, 2.05) is 17.0 Å². The second-order valence-corrected chi connectivity index (χ2v) is 6.71. The van der Waals surface area contributed by atoms with E-state index >= 15 is 0 Å². The third kappa shape index (κ3) is 2.28. The minimum Gasteiger partial charge on any atom is -0.394 e. The van der Waals surface area contributed by atoms with Crippen molar-refractivity contribution in [2.75, 3.05) is 13.2 Å². The van der Waals surface area contributed by atoms with E-state index in [0.29, 0.717) is 5.92 Å². The highest BCUT2D eigenvalue weighted by atomic mass is 32.2. The first-order valence-electron chi connectivity index (χ1n) is 6.86. The summed E-state index contributed by atoms with van der Waals surface area (Å²) >= 11 is 1.67. The molecular weight excluding hydrogens is 258 g/mol. The minimum absolute atomic E-state index is 0.00301. The van der Waals surface area contributed by atoms with Gasteiger partial charge in [0.2, 0.25) is 5.91 Å². The van der Waals surface area contributed by atoms with E-state index in [2.05, 4.69) is 19.1 Å². The molecular formula is C15H19NO2S. The van der Waals surface area contributed by atoms with Crippen LogP contribution in [0.3, 0.4) is 0 Å². The van der Waals surface area contributed by atoms with Crippen LogP contribution in [-0.2, 0) is 11.2 Å². The van der Waals surface area contributed by atoms with Crippen molar-refractivity contribution in [2.45, 2.75) is 36.0 Å². The van der Waals surface area contributed by atoms with Gasteiger partial charge in [-0.2, -0.15) is 0 Å². The van der Waals surface area contributed by atoms with Crippen LogP contribution in [0.4, 0.5) is 0 Å². The average Bonchev–Trinajstić information content (AvgIpc) is 3.00. The van der Waals surface area contributed by atoms with Crippen molar-refractivity contribution in [2.24, 2.45) is 5.92 Å². The molecule has 2 heterocycles. The number of hydrogen-bond donors (Lipinski definition) is 1. The Labute approximate surface area is 118 Å². The van der Waals surface area contributed by atoms with Crippen molar-refractivity contribution >= 4 is 17.7 Å². The molecule has 102 valence electrons. The summed E-state index contributed by atoms with van der Waals surface area (Å²) in [7, 11) is 0. The number of amides is 1. The zero-order valence-electron chi connectivity index (χ0n) is 11.1. The first-order valence-corrected chi connectivity index (χ1v) is 7.74. The molecule has 2 aliphatic heterocycles. The molecule has 1 amide bonds. The number of aliphatic hydroxyl groups is 1. The molecule has 1 saturated heterocycles. The van der Waals surface area contributed by atoms with Crippen molar-refractivity contribution in [3.63, 3.8) is 0 Å². The number of benzene rings is 1. The minimum atomic E-state index is -0.00301. The molecule has 3 atom stereocenters. The predicted molar refractivity (Wildman–Crippen MR) is 76.2 cm³/mol. The Morgan fingerprint density at radius 3 is 3.00 bits per heavy atom. The molecule has 1 aromatic rings. The molecule has 2 aliphatic rings. The molecule has 0 radical (unpaired) electrons. The van der Waals surface area contributed by atoms with Crippen LogP contribution in [-0.4, -0.2) is 40.4 Å². The summed E-state index contributed by atoms with van der Waals surface area (Å²) in [6.07, 6.45) is 1.82. The Kier molecular flexibility index (Phi) is 3.54. The van der Waals surface area contributed by atoms with E-state index in [9.17, 15) is 9.90 Å². The number of carbonyl (C=O) groups is 1. The predicted octanol–water partition coefficient (Wildman–Crippen LogP) is 1.93. The fourth-order valence-corrected chi connectivity index (χ4v) is 4.33. The summed E-state index contributed by atoms with van der Waals surface area (Å²) < 4.78 is 0. The van der Waals surface area contributed by atoms with Gasteiger partial charge in [0.1, 0.15) is 0 Å². The SMILES string of the molecule is CC1CCN(C(=O)C2Cc3ccccc3S2)C1CO.